The van der Waals surface area contributed by atoms with Gasteiger partial charge in [-0.3, -0.25) is 0 Å². The van der Waals surface area contributed by atoms with Crippen LogP contribution in [0.15, 0.2) is 24.3 Å². The van der Waals surface area contributed by atoms with Crippen LogP contribution in [0.4, 0.5) is 4.39 Å². The zero-order valence-corrected chi connectivity index (χ0v) is 10.6. The molecule has 96 valence electrons. The van der Waals surface area contributed by atoms with Crippen molar-refractivity contribution in [3.63, 3.8) is 0 Å². The maximum Gasteiger partial charge on any atom is 0.123 e. The van der Waals surface area contributed by atoms with Crippen LogP contribution in [0, 0.1) is 5.82 Å². The lowest BCUT2D eigenvalue weighted by molar-refractivity contribution is 0.274. The molecule has 17 heavy (non-hydrogen) atoms. The van der Waals surface area contributed by atoms with Crippen LogP contribution in [0.3, 0.4) is 0 Å². The summed E-state index contributed by atoms with van der Waals surface area (Å²) in [6.45, 7) is 4.49. The highest BCUT2D eigenvalue weighted by molar-refractivity contribution is 5.17. The molecule has 0 amide bonds. The molecule has 3 heteroatoms. The van der Waals surface area contributed by atoms with Crippen LogP contribution < -0.4 is 5.32 Å². The summed E-state index contributed by atoms with van der Waals surface area (Å²) in [7, 11) is 0. The fraction of sp³-hybridized carbons (Fsp3) is 0.571. The van der Waals surface area contributed by atoms with Gasteiger partial charge >= 0.3 is 0 Å². The summed E-state index contributed by atoms with van der Waals surface area (Å²) in [4.78, 5) is 0. The first-order chi connectivity index (χ1) is 8.11. The van der Waals surface area contributed by atoms with Crippen molar-refractivity contribution in [1.82, 2.24) is 5.32 Å². The number of aliphatic hydroxyl groups is 1. The lowest BCUT2D eigenvalue weighted by atomic mass is 10.1. The van der Waals surface area contributed by atoms with Crippen LogP contribution >= 0.6 is 0 Å². The molecule has 1 aromatic rings. The van der Waals surface area contributed by atoms with Gasteiger partial charge in [0, 0.05) is 18.7 Å². The minimum atomic E-state index is -0.189. The van der Waals surface area contributed by atoms with E-state index in [4.69, 9.17) is 5.11 Å². The van der Waals surface area contributed by atoms with E-state index in [1.165, 1.54) is 12.1 Å². The first kappa shape index (κ1) is 14.1. The molecule has 0 spiro atoms. The second-order valence-corrected chi connectivity index (χ2v) is 4.67. The number of hydrogen-bond donors (Lipinski definition) is 2. The third kappa shape index (κ3) is 5.80. The van der Waals surface area contributed by atoms with Gasteiger partial charge in [0.25, 0.3) is 0 Å². The van der Waals surface area contributed by atoms with E-state index < -0.39 is 0 Å². The Hall–Kier alpha value is -0.930. The molecule has 0 aliphatic rings. The Morgan fingerprint density at radius 1 is 1.18 bits per heavy atom. The Balaban J connectivity index is 2.33. The minimum Gasteiger partial charge on any atom is -0.396 e. The molecule has 1 rings (SSSR count). The molecule has 0 aromatic heterocycles. The third-order valence-electron chi connectivity index (χ3n) is 2.82. The van der Waals surface area contributed by atoms with E-state index in [0.29, 0.717) is 12.1 Å². The van der Waals surface area contributed by atoms with E-state index in [0.717, 1.165) is 24.8 Å². The molecule has 0 aliphatic carbocycles. The Morgan fingerprint density at radius 3 is 2.41 bits per heavy atom. The monoisotopic (exact) mass is 239 g/mol. The van der Waals surface area contributed by atoms with Gasteiger partial charge < -0.3 is 10.4 Å². The van der Waals surface area contributed by atoms with Gasteiger partial charge in [-0.1, -0.05) is 12.1 Å². The average Bonchev–Trinajstić information content (AvgIpc) is 2.29. The van der Waals surface area contributed by atoms with Crippen LogP contribution in [0.2, 0.25) is 0 Å². The summed E-state index contributed by atoms with van der Waals surface area (Å²) >= 11 is 0. The Morgan fingerprint density at radius 2 is 1.82 bits per heavy atom. The van der Waals surface area contributed by atoms with Gasteiger partial charge in [-0.25, -0.2) is 4.39 Å². The smallest absolute Gasteiger partial charge is 0.123 e. The normalized spacial score (nSPS) is 14.6. The van der Waals surface area contributed by atoms with Crippen molar-refractivity contribution in [3.8, 4) is 0 Å². The molecule has 0 saturated carbocycles. The fourth-order valence-electron chi connectivity index (χ4n) is 2.00. The van der Waals surface area contributed by atoms with Gasteiger partial charge in [0.2, 0.25) is 0 Å². The number of halogens is 1. The molecule has 0 saturated heterocycles. The molecule has 2 nitrogen and oxygen atoms in total. The maximum atomic E-state index is 12.7. The zero-order valence-electron chi connectivity index (χ0n) is 10.6. The van der Waals surface area contributed by atoms with Gasteiger partial charge in [0.15, 0.2) is 0 Å². The first-order valence-electron chi connectivity index (χ1n) is 6.23. The lowest BCUT2D eigenvalue weighted by Gasteiger charge is -2.19. The maximum absolute atomic E-state index is 12.7. The number of benzene rings is 1. The largest absolute Gasteiger partial charge is 0.396 e. The third-order valence-corrected chi connectivity index (χ3v) is 2.82. The van der Waals surface area contributed by atoms with E-state index in [9.17, 15) is 4.39 Å². The van der Waals surface area contributed by atoms with Crippen molar-refractivity contribution < 1.29 is 9.50 Å². The van der Waals surface area contributed by atoms with Crippen molar-refractivity contribution in [1.29, 1.82) is 0 Å². The number of rotatable bonds is 7. The molecule has 0 fully saturated rings. The Kier molecular flexibility index (Phi) is 6.16. The Labute approximate surface area is 103 Å². The van der Waals surface area contributed by atoms with Crippen molar-refractivity contribution in [3.05, 3.63) is 35.6 Å². The van der Waals surface area contributed by atoms with Crippen LogP contribution in [0.5, 0.6) is 0 Å². The summed E-state index contributed by atoms with van der Waals surface area (Å²) in [6.07, 6.45) is 2.70. The number of hydrogen-bond acceptors (Lipinski definition) is 2. The standard InChI is InChI=1S/C14H22FNO/c1-11(4-3-9-17)16-12(2)10-13-5-7-14(15)8-6-13/h5-8,11-12,16-17H,3-4,9-10H2,1-2H3/t11-,12+/m0/s1. The molecule has 2 atom stereocenters. The molecule has 0 aliphatic heterocycles. The van der Waals surface area contributed by atoms with Gasteiger partial charge in [0.05, 0.1) is 0 Å². The molecule has 0 unspecified atom stereocenters. The molecular formula is C14H22FNO. The average molecular weight is 239 g/mol. The van der Waals surface area contributed by atoms with Crippen LogP contribution in [-0.4, -0.2) is 23.8 Å². The van der Waals surface area contributed by atoms with E-state index >= 15 is 0 Å². The first-order valence-corrected chi connectivity index (χ1v) is 6.23. The van der Waals surface area contributed by atoms with Crippen molar-refractivity contribution in [2.75, 3.05) is 6.61 Å². The summed E-state index contributed by atoms with van der Waals surface area (Å²) in [5.74, 6) is -0.189. The predicted octanol–water partition coefficient (Wildman–Crippen LogP) is 2.51. The summed E-state index contributed by atoms with van der Waals surface area (Å²) < 4.78 is 12.7. The van der Waals surface area contributed by atoms with Crippen molar-refractivity contribution in [2.45, 2.75) is 45.2 Å². The minimum absolute atomic E-state index is 0.189. The van der Waals surface area contributed by atoms with E-state index in [2.05, 4.69) is 19.2 Å². The van der Waals surface area contributed by atoms with Crippen molar-refractivity contribution in [2.24, 2.45) is 0 Å². The molecule has 2 N–H and O–H groups in total. The molecule has 1 aromatic carbocycles. The topological polar surface area (TPSA) is 32.3 Å². The molecule has 0 heterocycles. The SMILES string of the molecule is C[C@H](Cc1ccc(F)cc1)N[C@@H](C)CCCO. The highest BCUT2D eigenvalue weighted by atomic mass is 19.1. The van der Waals surface area contributed by atoms with Gasteiger partial charge in [-0.05, 0) is 50.8 Å². The highest BCUT2D eigenvalue weighted by Gasteiger charge is 2.07. The van der Waals surface area contributed by atoms with Crippen LogP contribution in [0.25, 0.3) is 0 Å². The number of nitrogens with one attached hydrogen (secondary N) is 1. The molecule has 0 radical (unpaired) electrons. The highest BCUT2D eigenvalue weighted by Crippen LogP contribution is 2.07. The summed E-state index contributed by atoms with van der Waals surface area (Å²) in [6, 6.07) is 7.40. The van der Waals surface area contributed by atoms with Crippen LogP contribution in [0.1, 0.15) is 32.3 Å². The second-order valence-electron chi connectivity index (χ2n) is 4.67. The lowest BCUT2D eigenvalue weighted by Crippen LogP contribution is -2.35. The van der Waals surface area contributed by atoms with E-state index in [-0.39, 0.29) is 12.4 Å². The van der Waals surface area contributed by atoms with Gasteiger partial charge in [-0.2, -0.15) is 0 Å². The fourth-order valence-corrected chi connectivity index (χ4v) is 2.00. The number of aliphatic hydroxyl groups excluding tert-OH is 1. The van der Waals surface area contributed by atoms with Gasteiger partial charge in [-0.15, -0.1) is 0 Å². The predicted molar refractivity (Wildman–Crippen MR) is 68.5 cm³/mol. The zero-order chi connectivity index (χ0) is 12.7. The van der Waals surface area contributed by atoms with E-state index in [1.807, 2.05) is 12.1 Å². The van der Waals surface area contributed by atoms with Gasteiger partial charge in [0.1, 0.15) is 5.82 Å². The summed E-state index contributed by atoms with van der Waals surface area (Å²) in [5, 5.41) is 12.2. The molecule has 0 bridgehead atoms. The van der Waals surface area contributed by atoms with E-state index in [1.54, 1.807) is 0 Å². The Bertz CT molecular complexity index is 313. The second kappa shape index (κ2) is 7.41. The van der Waals surface area contributed by atoms with Crippen molar-refractivity contribution >= 4 is 0 Å². The quantitative estimate of drug-likeness (QED) is 0.766. The summed E-state index contributed by atoms with van der Waals surface area (Å²) in [5.41, 5.74) is 1.14. The molecular weight excluding hydrogens is 217 g/mol. The van der Waals surface area contributed by atoms with Crippen LogP contribution in [-0.2, 0) is 6.42 Å².